The molecule has 3 aromatic rings. The number of rotatable bonds is 10. The first-order valence-electron chi connectivity index (χ1n) is 11.6. The lowest BCUT2D eigenvalue weighted by Crippen LogP contribution is -2.32. The van der Waals surface area contributed by atoms with Crippen LogP contribution in [0.5, 0.6) is 0 Å². The van der Waals surface area contributed by atoms with E-state index in [4.69, 9.17) is 4.42 Å². The van der Waals surface area contributed by atoms with Crippen LogP contribution in [0, 0.1) is 0 Å². The van der Waals surface area contributed by atoms with Gasteiger partial charge in [0.25, 0.3) is 0 Å². The number of sulfonamides is 2. The fourth-order valence-electron chi connectivity index (χ4n) is 3.47. The van der Waals surface area contributed by atoms with E-state index in [0.29, 0.717) is 12.2 Å². The molecule has 0 spiro atoms. The summed E-state index contributed by atoms with van der Waals surface area (Å²) in [6, 6.07) is 16.4. The summed E-state index contributed by atoms with van der Waals surface area (Å²) in [4.78, 5) is 0.0324. The maximum absolute atomic E-state index is 13.6. The lowest BCUT2D eigenvalue weighted by molar-refractivity contribution is 0.358. The van der Waals surface area contributed by atoms with E-state index in [1.807, 2.05) is 31.2 Å². The number of nitrogens with one attached hydrogen (secondary N) is 1. The molecule has 0 amide bonds. The molecule has 7 nitrogen and oxygen atoms in total. The molecule has 1 N–H and O–H groups in total. The van der Waals surface area contributed by atoms with Crippen molar-refractivity contribution in [3.05, 3.63) is 83.8 Å². The molecule has 0 aliphatic carbocycles. The van der Waals surface area contributed by atoms with Crippen LogP contribution in [0.3, 0.4) is 0 Å². The molecule has 1 atom stereocenters. The number of hydrogen-bond acceptors (Lipinski definition) is 5. The Morgan fingerprint density at radius 3 is 2.00 bits per heavy atom. The Morgan fingerprint density at radius 1 is 0.886 bits per heavy atom. The van der Waals surface area contributed by atoms with Crippen LogP contribution in [-0.2, 0) is 38.6 Å². The van der Waals surface area contributed by atoms with Crippen molar-refractivity contribution in [1.82, 2.24) is 9.03 Å². The molecule has 190 valence electrons. The molecule has 0 aliphatic heterocycles. The minimum absolute atomic E-state index is 0.00960. The number of furan rings is 1. The van der Waals surface area contributed by atoms with E-state index < -0.39 is 20.0 Å². The van der Waals surface area contributed by atoms with Crippen molar-refractivity contribution in [3.8, 4) is 0 Å². The second kappa shape index (κ2) is 10.7. The first-order chi connectivity index (χ1) is 16.3. The van der Waals surface area contributed by atoms with Crippen LogP contribution in [0.4, 0.5) is 0 Å². The van der Waals surface area contributed by atoms with Gasteiger partial charge in [-0.3, -0.25) is 0 Å². The molecule has 0 unspecified atom stereocenters. The minimum Gasteiger partial charge on any atom is -0.468 e. The summed E-state index contributed by atoms with van der Waals surface area (Å²) in [5.41, 5.74) is 1.99. The molecule has 0 fully saturated rings. The highest BCUT2D eigenvalue weighted by molar-refractivity contribution is 7.89. The lowest BCUT2D eigenvalue weighted by Gasteiger charge is -2.23. The van der Waals surface area contributed by atoms with Crippen LogP contribution in [0.15, 0.2) is 81.1 Å². The van der Waals surface area contributed by atoms with E-state index in [0.717, 1.165) is 11.1 Å². The van der Waals surface area contributed by atoms with Gasteiger partial charge in [-0.1, -0.05) is 52.0 Å². The molecule has 0 aliphatic rings. The Kier molecular flexibility index (Phi) is 8.26. The summed E-state index contributed by atoms with van der Waals surface area (Å²) in [6.07, 6.45) is 2.15. The van der Waals surface area contributed by atoms with Crippen molar-refractivity contribution < 1.29 is 21.3 Å². The van der Waals surface area contributed by atoms with Gasteiger partial charge in [0.15, 0.2) is 0 Å². The normalized spacial score (nSPS) is 13.8. The first-order valence-corrected chi connectivity index (χ1v) is 14.5. The molecular weight excluding hydrogens is 484 g/mol. The smallest absolute Gasteiger partial charge is 0.243 e. The summed E-state index contributed by atoms with van der Waals surface area (Å²) < 4.78 is 61.6. The number of benzene rings is 2. The van der Waals surface area contributed by atoms with Gasteiger partial charge in [-0.05, 0) is 66.3 Å². The average Bonchev–Trinajstić information content (AvgIpc) is 3.31. The topological polar surface area (TPSA) is 96.7 Å². The lowest BCUT2D eigenvalue weighted by atomic mass is 9.87. The van der Waals surface area contributed by atoms with E-state index in [9.17, 15) is 16.8 Å². The summed E-state index contributed by atoms with van der Waals surface area (Å²) in [7, 11) is -7.68. The Bertz CT molecular complexity index is 1310. The van der Waals surface area contributed by atoms with Crippen molar-refractivity contribution in [2.75, 3.05) is 0 Å². The zero-order valence-electron chi connectivity index (χ0n) is 20.9. The van der Waals surface area contributed by atoms with Gasteiger partial charge in [0.2, 0.25) is 20.0 Å². The maximum Gasteiger partial charge on any atom is 0.243 e. The monoisotopic (exact) mass is 518 g/mol. The van der Waals surface area contributed by atoms with Crippen molar-refractivity contribution in [2.24, 2.45) is 0 Å². The van der Waals surface area contributed by atoms with Crippen molar-refractivity contribution in [1.29, 1.82) is 0 Å². The Labute approximate surface area is 209 Å². The van der Waals surface area contributed by atoms with E-state index in [1.54, 1.807) is 19.1 Å². The van der Waals surface area contributed by atoms with Crippen LogP contribution >= 0.6 is 0 Å². The molecule has 3 rings (SSSR count). The summed E-state index contributed by atoms with van der Waals surface area (Å²) in [6.45, 7) is 10.2. The zero-order valence-corrected chi connectivity index (χ0v) is 22.5. The molecule has 1 heterocycles. The molecule has 9 heteroatoms. The van der Waals surface area contributed by atoms with Gasteiger partial charge in [-0.15, -0.1) is 0 Å². The Morgan fingerprint density at radius 2 is 1.49 bits per heavy atom. The van der Waals surface area contributed by atoms with E-state index in [2.05, 4.69) is 25.5 Å². The molecule has 0 bridgehead atoms. The van der Waals surface area contributed by atoms with E-state index >= 15 is 0 Å². The second-order valence-corrected chi connectivity index (χ2v) is 13.4. The van der Waals surface area contributed by atoms with Crippen LogP contribution in [0.25, 0.3) is 0 Å². The quantitative estimate of drug-likeness (QED) is 0.405. The Hall–Kier alpha value is -2.46. The van der Waals surface area contributed by atoms with Crippen molar-refractivity contribution >= 4 is 20.0 Å². The molecular formula is C26H34N2O5S2. The Balaban J connectivity index is 1.90. The molecule has 35 heavy (non-hydrogen) atoms. The maximum atomic E-state index is 13.6. The van der Waals surface area contributed by atoms with E-state index in [1.165, 1.54) is 34.8 Å². The second-order valence-electron chi connectivity index (χ2n) is 9.70. The summed E-state index contributed by atoms with van der Waals surface area (Å²) in [5.74, 6) is 0.511. The third-order valence-electron chi connectivity index (χ3n) is 5.83. The van der Waals surface area contributed by atoms with Gasteiger partial charge >= 0.3 is 0 Å². The molecule has 0 saturated carbocycles. The van der Waals surface area contributed by atoms with Crippen molar-refractivity contribution in [3.63, 3.8) is 0 Å². The highest BCUT2D eigenvalue weighted by Crippen LogP contribution is 2.26. The minimum atomic E-state index is -3.95. The molecule has 1 aromatic heterocycles. The standard InChI is InChI=1S/C26H34N2O5S2/c1-6-20(2)27-34(29,30)24-13-15-25(16-14-24)35(31,32)28(19-23-8-7-17-33-23)18-21-9-11-22(12-10-21)26(3,4)5/h7-17,20,27H,6,18-19H2,1-5H3/t20-/m0/s1. The fourth-order valence-corrected chi connectivity index (χ4v) is 6.19. The SMILES string of the molecule is CC[C@H](C)NS(=O)(=O)c1ccc(S(=O)(=O)N(Cc2ccc(C(C)(C)C)cc2)Cc2ccco2)cc1. The van der Waals surface area contributed by atoms with Gasteiger partial charge in [0.1, 0.15) is 5.76 Å². The molecule has 2 aromatic carbocycles. The predicted octanol–water partition coefficient (Wildman–Crippen LogP) is 5.05. The summed E-state index contributed by atoms with van der Waals surface area (Å²) in [5, 5.41) is 0. The number of hydrogen-bond donors (Lipinski definition) is 1. The van der Waals surface area contributed by atoms with Crippen LogP contribution in [0.2, 0.25) is 0 Å². The first kappa shape index (κ1) is 27.1. The van der Waals surface area contributed by atoms with Gasteiger partial charge in [-0.25, -0.2) is 21.6 Å². The van der Waals surface area contributed by atoms with Crippen molar-refractivity contribution in [2.45, 2.75) is 75.4 Å². The van der Waals surface area contributed by atoms with Gasteiger partial charge in [0, 0.05) is 12.6 Å². The highest BCUT2D eigenvalue weighted by atomic mass is 32.2. The fraction of sp³-hybridized carbons (Fsp3) is 0.385. The summed E-state index contributed by atoms with van der Waals surface area (Å²) >= 11 is 0. The average molecular weight is 519 g/mol. The van der Waals surface area contributed by atoms with Gasteiger partial charge in [-0.2, -0.15) is 4.31 Å². The highest BCUT2D eigenvalue weighted by Gasteiger charge is 2.27. The largest absolute Gasteiger partial charge is 0.468 e. The van der Waals surface area contributed by atoms with E-state index in [-0.39, 0.29) is 34.3 Å². The van der Waals surface area contributed by atoms with Gasteiger partial charge < -0.3 is 4.42 Å². The predicted molar refractivity (Wildman–Crippen MR) is 137 cm³/mol. The van der Waals surface area contributed by atoms with Crippen LogP contribution in [-0.4, -0.2) is 27.2 Å². The van der Waals surface area contributed by atoms with Crippen LogP contribution < -0.4 is 4.72 Å². The molecule has 0 saturated heterocycles. The number of nitrogens with zero attached hydrogens (tertiary/aromatic N) is 1. The van der Waals surface area contributed by atoms with Crippen LogP contribution in [0.1, 0.15) is 57.9 Å². The van der Waals surface area contributed by atoms with Gasteiger partial charge in [0.05, 0.1) is 22.6 Å². The molecule has 0 radical (unpaired) electrons. The third-order valence-corrected chi connectivity index (χ3v) is 9.24. The zero-order chi connectivity index (χ0) is 25.9. The third kappa shape index (κ3) is 6.82.